The molecule has 1 fully saturated rings. The van der Waals surface area contributed by atoms with Crippen LogP contribution in [0.2, 0.25) is 0 Å². The van der Waals surface area contributed by atoms with E-state index in [1.165, 1.54) is 6.42 Å². The van der Waals surface area contributed by atoms with Gasteiger partial charge in [0.25, 0.3) is 0 Å². The standard InChI is InChI=1S/C14H21N3O2/c15-12-6-1-2-7-13(12)16-14(19)10-17(8-9-18)11-4-3-5-11/h1-2,6-7,11,18H,3-5,8-10,15H2,(H,16,19). The highest BCUT2D eigenvalue weighted by molar-refractivity contribution is 5.95. The lowest BCUT2D eigenvalue weighted by molar-refractivity contribution is -0.118. The molecule has 0 spiro atoms. The number of anilines is 2. The molecular formula is C14H21N3O2. The van der Waals surface area contributed by atoms with Crippen molar-refractivity contribution >= 4 is 17.3 Å². The zero-order chi connectivity index (χ0) is 13.7. The fraction of sp³-hybridized carbons (Fsp3) is 0.500. The van der Waals surface area contributed by atoms with Crippen LogP contribution in [0, 0.1) is 0 Å². The molecule has 0 saturated heterocycles. The number of rotatable bonds is 6. The van der Waals surface area contributed by atoms with E-state index in [1.54, 1.807) is 12.1 Å². The minimum absolute atomic E-state index is 0.0806. The van der Waals surface area contributed by atoms with Gasteiger partial charge in [-0.3, -0.25) is 9.69 Å². The molecule has 0 atom stereocenters. The number of aliphatic hydroxyl groups is 1. The molecule has 0 radical (unpaired) electrons. The lowest BCUT2D eigenvalue weighted by Crippen LogP contribution is -2.45. The third kappa shape index (κ3) is 3.68. The lowest BCUT2D eigenvalue weighted by Gasteiger charge is -2.36. The number of nitrogens with one attached hydrogen (secondary N) is 1. The average molecular weight is 263 g/mol. The molecule has 4 N–H and O–H groups in total. The quantitative estimate of drug-likeness (QED) is 0.670. The van der Waals surface area contributed by atoms with Crippen LogP contribution in [0.15, 0.2) is 24.3 Å². The van der Waals surface area contributed by atoms with Crippen LogP contribution in [-0.2, 0) is 4.79 Å². The van der Waals surface area contributed by atoms with Crippen LogP contribution in [0.4, 0.5) is 11.4 Å². The molecule has 1 aliphatic carbocycles. The Morgan fingerprint density at radius 2 is 2.16 bits per heavy atom. The number of carbonyl (C=O) groups excluding carboxylic acids is 1. The van der Waals surface area contributed by atoms with E-state index in [2.05, 4.69) is 5.32 Å². The van der Waals surface area contributed by atoms with E-state index in [-0.39, 0.29) is 12.5 Å². The second-order valence-electron chi connectivity index (χ2n) is 4.91. The van der Waals surface area contributed by atoms with Gasteiger partial charge in [-0.1, -0.05) is 18.6 Å². The van der Waals surface area contributed by atoms with Crippen molar-refractivity contribution in [2.24, 2.45) is 0 Å². The van der Waals surface area contributed by atoms with Crippen LogP contribution in [0.5, 0.6) is 0 Å². The second kappa shape index (κ2) is 6.54. The van der Waals surface area contributed by atoms with Crippen LogP contribution in [0.3, 0.4) is 0 Å². The Morgan fingerprint density at radius 1 is 1.42 bits per heavy atom. The van der Waals surface area contributed by atoms with E-state index in [4.69, 9.17) is 10.8 Å². The molecule has 1 aromatic carbocycles. The predicted octanol–water partition coefficient (Wildman–Crippen LogP) is 1.05. The summed E-state index contributed by atoms with van der Waals surface area (Å²) in [5.74, 6) is -0.0850. The monoisotopic (exact) mass is 263 g/mol. The highest BCUT2D eigenvalue weighted by Crippen LogP contribution is 2.24. The van der Waals surface area contributed by atoms with Gasteiger partial charge >= 0.3 is 0 Å². The average Bonchev–Trinajstić information content (AvgIpc) is 2.30. The number of amides is 1. The molecule has 0 bridgehead atoms. The van der Waals surface area contributed by atoms with Crippen LogP contribution in [-0.4, -0.2) is 41.7 Å². The molecule has 19 heavy (non-hydrogen) atoms. The van der Waals surface area contributed by atoms with Gasteiger partial charge in [0.2, 0.25) is 5.91 Å². The zero-order valence-electron chi connectivity index (χ0n) is 11.0. The van der Waals surface area contributed by atoms with Gasteiger partial charge in [-0.2, -0.15) is 0 Å². The van der Waals surface area contributed by atoms with Crippen LogP contribution in [0.25, 0.3) is 0 Å². The summed E-state index contributed by atoms with van der Waals surface area (Å²) in [5.41, 5.74) is 6.99. The number of nitrogens with zero attached hydrogens (tertiary/aromatic N) is 1. The molecule has 104 valence electrons. The smallest absolute Gasteiger partial charge is 0.238 e. The number of benzene rings is 1. The van der Waals surface area contributed by atoms with Crippen molar-refractivity contribution in [2.45, 2.75) is 25.3 Å². The van der Waals surface area contributed by atoms with Crippen molar-refractivity contribution in [3.63, 3.8) is 0 Å². The SMILES string of the molecule is Nc1ccccc1NC(=O)CN(CCO)C1CCC1. The maximum Gasteiger partial charge on any atom is 0.238 e. The molecule has 1 aliphatic rings. The minimum Gasteiger partial charge on any atom is -0.397 e. The molecule has 5 nitrogen and oxygen atoms in total. The van der Waals surface area contributed by atoms with Crippen LogP contribution < -0.4 is 11.1 Å². The Labute approximate surface area is 113 Å². The van der Waals surface area contributed by atoms with E-state index in [0.29, 0.717) is 30.5 Å². The molecule has 0 aliphatic heterocycles. The Hall–Kier alpha value is -1.59. The molecular weight excluding hydrogens is 242 g/mol. The van der Waals surface area contributed by atoms with Crippen LogP contribution in [0.1, 0.15) is 19.3 Å². The summed E-state index contributed by atoms with van der Waals surface area (Å²) in [5, 5.41) is 11.9. The van der Waals surface area contributed by atoms with Gasteiger partial charge in [-0.25, -0.2) is 0 Å². The Balaban J connectivity index is 1.90. The Bertz CT molecular complexity index is 432. The van der Waals surface area contributed by atoms with E-state index < -0.39 is 0 Å². The summed E-state index contributed by atoms with van der Waals surface area (Å²) < 4.78 is 0. The van der Waals surface area contributed by atoms with Gasteiger partial charge in [0, 0.05) is 12.6 Å². The van der Waals surface area contributed by atoms with E-state index in [0.717, 1.165) is 12.8 Å². The first-order valence-electron chi connectivity index (χ1n) is 6.70. The van der Waals surface area contributed by atoms with Crippen molar-refractivity contribution in [2.75, 3.05) is 30.7 Å². The molecule has 2 rings (SSSR count). The Morgan fingerprint density at radius 3 is 2.74 bits per heavy atom. The highest BCUT2D eigenvalue weighted by atomic mass is 16.3. The molecule has 1 amide bonds. The number of nitrogens with two attached hydrogens (primary N) is 1. The lowest BCUT2D eigenvalue weighted by atomic mass is 9.91. The summed E-state index contributed by atoms with van der Waals surface area (Å²) in [4.78, 5) is 14.0. The maximum absolute atomic E-state index is 12.0. The van der Waals surface area contributed by atoms with Crippen molar-refractivity contribution in [1.29, 1.82) is 0 Å². The Kier molecular flexibility index (Phi) is 4.76. The van der Waals surface area contributed by atoms with Gasteiger partial charge in [0.05, 0.1) is 24.5 Å². The maximum atomic E-state index is 12.0. The fourth-order valence-corrected chi connectivity index (χ4v) is 2.26. The van der Waals surface area contributed by atoms with Gasteiger partial charge in [0.15, 0.2) is 0 Å². The molecule has 0 heterocycles. The van der Waals surface area contributed by atoms with Gasteiger partial charge in [0.1, 0.15) is 0 Å². The largest absolute Gasteiger partial charge is 0.397 e. The minimum atomic E-state index is -0.0850. The summed E-state index contributed by atoms with van der Waals surface area (Å²) in [7, 11) is 0. The van der Waals surface area contributed by atoms with E-state index in [9.17, 15) is 4.79 Å². The number of carbonyl (C=O) groups is 1. The van der Waals surface area contributed by atoms with Crippen molar-refractivity contribution < 1.29 is 9.90 Å². The highest BCUT2D eigenvalue weighted by Gasteiger charge is 2.26. The number of aliphatic hydroxyl groups excluding tert-OH is 1. The fourth-order valence-electron chi connectivity index (χ4n) is 2.26. The summed E-state index contributed by atoms with van der Waals surface area (Å²) in [6, 6.07) is 7.65. The van der Waals surface area contributed by atoms with Crippen molar-refractivity contribution in [3.05, 3.63) is 24.3 Å². The molecule has 0 unspecified atom stereocenters. The number of hydrogen-bond donors (Lipinski definition) is 3. The summed E-state index contributed by atoms with van der Waals surface area (Å²) >= 11 is 0. The zero-order valence-corrected chi connectivity index (χ0v) is 11.0. The van der Waals surface area contributed by atoms with Crippen molar-refractivity contribution in [1.82, 2.24) is 4.90 Å². The normalized spacial score (nSPS) is 15.3. The van der Waals surface area contributed by atoms with Gasteiger partial charge in [-0.15, -0.1) is 0 Å². The third-order valence-corrected chi connectivity index (χ3v) is 3.56. The van der Waals surface area contributed by atoms with Crippen molar-refractivity contribution in [3.8, 4) is 0 Å². The van der Waals surface area contributed by atoms with Gasteiger partial charge < -0.3 is 16.2 Å². The first-order chi connectivity index (χ1) is 9.20. The topological polar surface area (TPSA) is 78.6 Å². The molecule has 1 saturated carbocycles. The van der Waals surface area contributed by atoms with Crippen LogP contribution >= 0.6 is 0 Å². The van der Waals surface area contributed by atoms with Gasteiger partial charge in [-0.05, 0) is 25.0 Å². The summed E-state index contributed by atoms with van der Waals surface area (Å²) in [6.07, 6.45) is 3.43. The summed E-state index contributed by atoms with van der Waals surface area (Å²) in [6.45, 7) is 0.930. The first kappa shape index (κ1) is 13.8. The molecule has 0 aromatic heterocycles. The third-order valence-electron chi connectivity index (χ3n) is 3.56. The second-order valence-corrected chi connectivity index (χ2v) is 4.91. The number of nitrogen functional groups attached to an aromatic ring is 1. The van der Waals surface area contributed by atoms with E-state index in [1.807, 2.05) is 17.0 Å². The predicted molar refractivity (Wildman–Crippen MR) is 75.8 cm³/mol. The number of para-hydroxylation sites is 2. The molecule has 1 aromatic rings. The van der Waals surface area contributed by atoms with E-state index >= 15 is 0 Å². The first-order valence-corrected chi connectivity index (χ1v) is 6.70. The molecule has 5 heteroatoms. The number of hydrogen-bond acceptors (Lipinski definition) is 4.